The maximum absolute atomic E-state index is 12.3. The second-order valence-electron chi connectivity index (χ2n) is 4.87. The van der Waals surface area contributed by atoms with Gasteiger partial charge in [0.25, 0.3) is 11.8 Å². The molecule has 7 nitrogen and oxygen atoms in total. The van der Waals surface area contributed by atoms with Crippen molar-refractivity contribution < 1.29 is 24.0 Å². The molecule has 1 atom stereocenters. The van der Waals surface area contributed by atoms with Crippen molar-refractivity contribution >= 4 is 29.9 Å². The molecule has 4 amide bonds. The van der Waals surface area contributed by atoms with Crippen molar-refractivity contribution in [1.82, 2.24) is 10.2 Å². The van der Waals surface area contributed by atoms with E-state index >= 15 is 0 Å². The normalized spacial score (nSPS) is 21.3. The summed E-state index contributed by atoms with van der Waals surface area (Å²) in [6.07, 6.45) is 0.757. The Kier molecular flexibility index (Phi) is 2.90. The fourth-order valence-corrected chi connectivity index (χ4v) is 2.56. The summed E-state index contributed by atoms with van der Waals surface area (Å²) in [7, 11) is 0. The van der Waals surface area contributed by atoms with Gasteiger partial charge in [0, 0.05) is 12.0 Å². The molecule has 0 aromatic heterocycles. The van der Waals surface area contributed by atoms with Crippen LogP contribution in [-0.4, -0.2) is 40.9 Å². The van der Waals surface area contributed by atoms with Gasteiger partial charge >= 0.3 is 0 Å². The summed E-state index contributed by atoms with van der Waals surface area (Å²) in [6.45, 7) is 0. The molecule has 0 aliphatic carbocycles. The van der Waals surface area contributed by atoms with Crippen molar-refractivity contribution in [3.8, 4) is 0 Å². The van der Waals surface area contributed by atoms with Gasteiger partial charge in [-0.25, -0.2) is 0 Å². The van der Waals surface area contributed by atoms with Gasteiger partial charge in [-0.3, -0.25) is 34.2 Å². The van der Waals surface area contributed by atoms with Gasteiger partial charge in [0.1, 0.15) is 12.3 Å². The molecule has 0 saturated carbocycles. The van der Waals surface area contributed by atoms with E-state index in [9.17, 15) is 24.0 Å². The van der Waals surface area contributed by atoms with Gasteiger partial charge in [-0.05, 0) is 18.6 Å². The number of benzene rings is 1. The second-order valence-corrected chi connectivity index (χ2v) is 4.87. The molecule has 7 heteroatoms. The van der Waals surface area contributed by atoms with Gasteiger partial charge in [0.2, 0.25) is 11.8 Å². The van der Waals surface area contributed by atoms with E-state index in [-0.39, 0.29) is 29.5 Å². The number of carbonyl (C=O) groups excluding carboxylic acids is 5. The third-order valence-electron chi connectivity index (χ3n) is 3.60. The third kappa shape index (κ3) is 1.94. The number of fused-ring (bicyclic) bond motifs is 1. The molecule has 0 spiro atoms. The molecule has 1 saturated heterocycles. The molecule has 3 rings (SSSR count). The Morgan fingerprint density at radius 2 is 1.81 bits per heavy atom. The van der Waals surface area contributed by atoms with Crippen LogP contribution in [0.1, 0.15) is 43.9 Å². The molecule has 106 valence electrons. The van der Waals surface area contributed by atoms with E-state index in [1.807, 2.05) is 0 Å². The number of rotatable bonds is 2. The first kappa shape index (κ1) is 13.2. The van der Waals surface area contributed by atoms with Crippen LogP contribution in [0, 0.1) is 0 Å². The lowest BCUT2D eigenvalue weighted by molar-refractivity contribution is -0.136. The maximum atomic E-state index is 12.3. The SMILES string of the molecule is O=Cc1ccc2c(c1)C(=O)N([C@@H]1CCC(=O)NC1=O)C2=O. The lowest BCUT2D eigenvalue weighted by Crippen LogP contribution is -2.54. The van der Waals surface area contributed by atoms with E-state index < -0.39 is 29.7 Å². The van der Waals surface area contributed by atoms with Gasteiger partial charge in [-0.2, -0.15) is 0 Å². The molecule has 1 N–H and O–H groups in total. The quantitative estimate of drug-likeness (QED) is 0.604. The van der Waals surface area contributed by atoms with Crippen LogP contribution in [0.2, 0.25) is 0 Å². The Labute approximate surface area is 118 Å². The fraction of sp³-hybridized carbons (Fsp3) is 0.214. The van der Waals surface area contributed by atoms with E-state index in [1.54, 1.807) is 0 Å². The van der Waals surface area contributed by atoms with E-state index in [4.69, 9.17) is 0 Å². The molecule has 0 unspecified atom stereocenters. The van der Waals surface area contributed by atoms with Gasteiger partial charge in [-0.1, -0.05) is 6.07 Å². The lowest BCUT2D eigenvalue weighted by Gasteiger charge is -2.27. The van der Waals surface area contributed by atoms with Crippen molar-refractivity contribution in [2.24, 2.45) is 0 Å². The van der Waals surface area contributed by atoms with Crippen LogP contribution in [0.25, 0.3) is 0 Å². The van der Waals surface area contributed by atoms with Crippen LogP contribution in [0.15, 0.2) is 18.2 Å². The topological polar surface area (TPSA) is 101 Å². The number of nitrogens with one attached hydrogen (secondary N) is 1. The summed E-state index contributed by atoms with van der Waals surface area (Å²) < 4.78 is 0. The Balaban J connectivity index is 1.98. The molecule has 0 bridgehead atoms. The van der Waals surface area contributed by atoms with Crippen LogP contribution in [0.4, 0.5) is 0 Å². The smallest absolute Gasteiger partial charge is 0.262 e. The molecule has 2 heterocycles. The number of hydrogen-bond acceptors (Lipinski definition) is 5. The minimum atomic E-state index is -0.991. The number of aldehydes is 1. The second kappa shape index (κ2) is 4.62. The average Bonchev–Trinajstić information content (AvgIpc) is 2.71. The number of nitrogens with zero attached hydrogens (tertiary/aromatic N) is 1. The number of hydrogen-bond donors (Lipinski definition) is 1. The molecule has 2 aliphatic heterocycles. The molecule has 1 aromatic carbocycles. The molecule has 21 heavy (non-hydrogen) atoms. The van der Waals surface area contributed by atoms with Crippen LogP contribution in [0.5, 0.6) is 0 Å². The molecule has 2 aliphatic rings. The Hall–Kier alpha value is -2.83. The monoisotopic (exact) mass is 286 g/mol. The predicted octanol–water partition coefficient (Wildman–Crippen LogP) is -0.0997. The first-order chi connectivity index (χ1) is 10.0. The van der Waals surface area contributed by atoms with Crippen molar-refractivity contribution in [3.63, 3.8) is 0 Å². The van der Waals surface area contributed by atoms with E-state index in [2.05, 4.69) is 5.32 Å². The number of amides is 4. The van der Waals surface area contributed by atoms with Crippen molar-refractivity contribution in [2.45, 2.75) is 18.9 Å². The summed E-state index contributed by atoms with van der Waals surface area (Å²) in [6, 6.07) is 3.17. The van der Waals surface area contributed by atoms with Crippen LogP contribution >= 0.6 is 0 Å². The van der Waals surface area contributed by atoms with E-state index in [0.717, 1.165) is 4.90 Å². The molecular formula is C14H10N2O5. The number of imide groups is 2. The minimum Gasteiger partial charge on any atom is -0.298 e. The predicted molar refractivity (Wildman–Crippen MR) is 68.5 cm³/mol. The zero-order valence-corrected chi connectivity index (χ0v) is 10.8. The van der Waals surface area contributed by atoms with Crippen molar-refractivity contribution in [2.75, 3.05) is 0 Å². The fourth-order valence-electron chi connectivity index (χ4n) is 2.56. The minimum absolute atomic E-state index is 0.0728. The van der Waals surface area contributed by atoms with Crippen LogP contribution in [-0.2, 0) is 9.59 Å². The Morgan fingerprint density at radius 1 is 1.10 bits per heavy atom. The molecule has 0 radical (unpaired) electrons. The number of piperidine rings is 1. The Bertz CT molecular complexity index is 709. The summed E-state index contributed by atoms with van der Waals surface area (Å²) in [5.41, 5.74) is 0.546. The summed E-state index contributed by atoms with van der Waals surface area (Å²) in [5, 5.41) is 2.12. The first-order valence-electron chi connectivity index (χ1n) is 6.33. The number of carbonyl (C=O) groups is 5. The maximum Gasteiger partial charge on any atom is 0.262 e. The highest BCUT2D eigenvalue weighted by Gasteiger charge is 2.44. The molecular weight excluding hydrogens is 276 g/mol. The summed E-state index contributed by atoms with van der Waals surface area (Å²) in [5.74, 6) is -2.28. The van der Waals surface area contributed by atoms with Crippen molar-refractivity contribution in [1.29, 1.82) is 0 Å². The van der Waals surface area contributed by atoms with Crippen LogP contribution in [0.3, 0.4) is 0 Å². The molecule has 1 aromatic rings. The summed E-state index contributed by atoms with van der Waals surface area (Å²) >= 11 is 0. The zero-order valence-electron chi connectivity index (χ0n) is 10.8. The van der Waals surface area contributed by atoms with Gasteiger partial charge in [0.05, 0.1) is 11.1 Å². The zero-order chi connectivity index (χ0) is 15.1. The highest BCUT2D eigenvalue weighted by atomic mass is 16.2. The third-order valence-corrected chi connectivity index (χ3v) is 3.60. The van der Waals surface area contributed by atoms with Gasteiger partial charge in [-0.15, -0.1) is 0 Å². The average molecular weight is 286 g/mol. The van der Waals surface area contributed by atoms with E-state index in [1.165, 1.54) is 18.2 Å². The lowest BCUT2D eigenvalue weighted by atomic mass is 10.0. The molecule has 1 fully saturated rings. The van der Waals surface area contributed by atoms with Gasteiger partial charge < -0.3 is 0 Å². The van der Waals surface area contributed by atoms with Gasteiger partial charge in [0.15, 0.2) is 0 Å². The standard InChI is InChI=1S/C14H10N2O5/c17-6-7-1-2-8-9(5-7)14(21)16(13(8)20)10-3-4-11(18)15-12(10)19/h1-2,5-6,10H,3-4H2,(H,15,18,19)/t10-/m1/s1. The summed E-state index contributed by atoms with van der Waals surface area (Å²) in [4.78, 5) is 59.2. The highest BCUT2D eigenvalue weighted by molar-refractivity contribution is 6.23. The first-order valence-corrected chi connectivity index (χ1v) is 6.33. The Morgan fingerprint density at radius 3 is 2.48 bits per heavy atom. The largest absolute Gasteiger partial charge is 0.298 e. The highest BCUT2D eigenvalue weighted by Crippen LogP contribution is 2.27. The van der Waals surface area contributed by atoms with Crippen molar-refractivity contribution in [3.05, 3.63) is 34.9 Å². The van der Waals surface area contributed by atoms with Crippen LogP contribution < -0.4 is 5.32 Å². The van der Waals surface area contributed by atoms with E-state index in [0.29, 0.717) is 6.29 Å².